The van der Waals surface area contributed by atoms with E-state index in [-0.39, 0.29) is 17.0 Å². The Morgan fingerprint density at radius 2 is 1.74 bits per heavy atom. The second-order valence-electron chi connectivity index (χ2n) is 10.3. The Bertz CT molecular complexity index is 1400. The summed E-state index contributed by atoms with van der Waals surface area (Å²) in [4.78, 5) is 34.3. The molecule has 0 spiro atoms. The van der Waals surface area contributed by atoms with E-state index in [4.69, 9.17) is 4.98 Å². The third-order valence-corrected chi connectivity index (χ3v) is 6.45. The van der Waals surface area contributed by atoms with E-state index >= 15 is 0 Å². The number of amides is 1. The third kappa shape index (κ3) is 4.45. The van der Waals surface area contributed by atoms with Crippen LogP contribution in [0.3, 0.4) is 0 Å². The van der Waals surface area contributed by atoms with Crippen molar-refractivity contribution in [2.24, 2.45) is 12.5 Å². The molecule has 3 aromatic heterocycles. The molecule has 0 saturated carbocycles. The lowest BCUT2D eigenvalue weighted by Crippen LogP contribution is -2.48. The zero-order valence-electron chi connectivity index (χ0n) is 20.7. The Hall–Kier alpha value is -3.88. The van der Waals surface area contributed by atoms with E-state index < -0.39 is 0 Å². The number of carbonyl (C=O) groups excluding carboxylic acids is 1. The van der Waals surface area contributed by atoms with Gasteiger partial charge in [0.25, 0.3) is 5.91 Å². The molecule has 182 valence electrons. The van der Waals surface area contributed by atoms with Gasteiger partial charge in [0.15, 0.2) is 5.65 Å². The van der Waals surface area contributed by atoms with Crippen LogP contribution in [-0.4, -0.2) is 61.3 Å². The highest BCUT2D eigenvalue weighted by Gasteiger charge is 2.23. The molecule has 0 radical (unpaired) electrons. The predicted molar refractivity (Wildman–Crippen MR) is 137 cm³/mol. The van der Waals surface area contributed by atoms with Gasteiger partial charge in [0.05, 0.1) is 23.0 Å². The molecule has 1 saturated heterocycles. The van der Waals surface area contributed by atoms with Crippen molar-refractivity contribution >= 4 is 22.8 Å². The van der Waals surface area contributed by atoms with Gasteiger partial charge in [-0.05, 0) is 29.7 Å². The second-order valence-corrected chi connectivity index (χ2v) is 10.3. The Balaban J connectivity index is 1.32. The summed E-state index contributed by atoms with van der Waals surface area (Å²) in [6.07, 6.45) is 3.20. The van der Waals surface area contributed by atoms with Gasteiger partial charge < -0.3 is 9.80 Å². The van der Waals surface area contributed by atoms with Crippen molar-refractivity contribution in [3.8, 4) is 11.3 Å². The summed E-state index contributed by atoms with van der Waals surface area (Å²) in [5, 5.41) is 6.57. The van der Waals surface area contributed by atoms with Crippen LogP contribution in [0, 0.1) is 5.41 Å². The van der Waals surface area contributed by atoms with E-state index in [0.29, 0.717) is 30.8 Å². The first-order chi connectivity index (χ1) is 16.7. The largest absolute Gasteiger partial charge is 0.368 e. The molecule has 0 atom stereocenters. The number of aromatic amines is 1. The minimum Gasteiger partial charge on any atom is -0.368 e. The van der Waals surface area contributed by atoms with E-state index in [1.807, 2.05) is 21.6 Å². The van der Waals surface area contributed by atoms with E-state index in [9.17, 15) is 9.59 Å². The van der Waals surface area contributed by atoms with Crippen LogP contribution < -0.4 is 10.6 Å². The van der Waals surface area contributed by atoms with Gasteiger partial charge in [-0.1, -0.05) is 32.9 Å². The lowest BCUT2D eigenvalue weighted by Gasteiger charge is -2.36. The maximum absolute atomic E-state index is 12.8. The van der Waals surface area contributed by atoms with Crippen LogP contribution in [0.1, 0.15) is 31.1 Å². The van der Waals surface area contributed by atoms with Crippen LogP contribution >= 0.6 is 0 Å². The molecule has 1 aliphatic heterocycles. The van der Waals surface area contributed by atoms with E-state index in [0.717, 1.165) is 35.6 Å². The summed E-state index contributed by atoms with van der Waals surface area (Å²) < 4.78 is 3.44. The highest BCUT2D eigenvalue weighted by Crippen LogP contribution is 2.26. The summed E-state index contributed by atoms with van der Waals surface area (Å²) in [7, 11) is 1.78. The first kappa shape index (κ1) is 22.9. The number of anilines is 1. The number of aryl methyl sites for hydroxylation is 1. The molecule has 0 unspecified atom stereocenters. The van der Waals surface area contributed by atoms with Crippen molar-refractivity contribution in [2.45, 2.75) is 27.3 Å². The number of pyridine rings is 1. The van der Waals surface area contributed by atoms with Crippen LogP contribution in [0.15, 0.2) is 53.6 Å². The van der Waals surface area contributed by atoms with Gasteiger partial charge in [-0.15, -0.1) is 0 Å². The van der Waals surface area contributed by atoms with Gasteiger partial charge in [-0.2, -0.15) is 5.10 Å². The molecule has 4 aromatic rings. The zero-order valence-corrected chi connectivity index (χ0v) is 20.7. The first-order valence-electron chi connectivity index (χ1n) is 11.9. The number of piperazine rings is 1. The summed E-state index contributed by atoms with van der Waals surface area (Å²) in [5.41, 5.74) is 5.05. The van der Waals surface area contributed by atoms with Crippen molar-refractivity contribution in [1.29, 1.82) is 0 Å². The number of carbonyl (C=O) groups is 1. The average Bonchev–Trinajstić information content (AvgIpc) is 3.47. The fourth-order valence-corrected chi connectivity index (χ4v) is 4.62. The number of H-pyrrole nitrogens is 1. The van der Waals surface area contributed by atoms with Crippen molar-refractivity contribution in [3.05, 3.63) is 64.8 Å². The molecule has 0 bridgehead atoms. The molecule has 9 heteroatoms. The van der Waals surface area contributed by atoms with Crippen LogP contribution in [0.4, 0.5) is 5.69 Å². The van der Waals surface area contributed by atoms with Crippen LogP contribution in [0.2, 0.25) is 0 Å². The van der Waals surface area contributed by atoms with E-state index in [1.165, 1.54) is 0 Å². The van der Waals surface area contributed by atoms with Crippen molar-refractivity contribution in [1.82, 2.24) is 29.2 Å². The molecule has 5 rings (SSSR count). The van der Waals surface area contributed by atoms with Gasteiger partial charge in [-0.3, -0.25) is 19.0 Å². The number of imidazole rings is 1. The van der Waals surface area contributed by atoms with Gasteiger partial charge >= 0.3 is 5.69 Å². The number of benzene rings is 1. The summed E-state index contributed by atoms with van der Waals surface area (Å²) in [5.74, 6) is 0.0148. The topological polar surface area (TPSA) is 92.0 Å². The molecule has 1 aromatic carbocycles. The predicted octanol–water partition coefficient (Wildman–Crippen LogP) is 3.13. The van der Waals surface area contributed by atoms with Crippen LogP contribution in [-0.2, 0) is 13.6 Å². The lowest BCUT2D eigenvalue weighted by atomic mass is 9.97. The number of hydrogen-bond donors (Lipinski definition) is 1. The molecule has 35 heavy (non-hydrogen) atoms. The minimum absolute atomic E-state index is 0.00929. The smallest absolute Gasteiger partial charge is 0.330 e. The fourth-order valence-electron chi connectivity index (χ4n) is 4.62. The van der Waals surface area contributed by atoms with Crippen molar-refractivity contribution < 1.29 is 4.79 Å². The maximum atomic E-state index is 12.8. The first-order valence-corrected chi connectivity index (χ1v) is 11.9. The highest BCUT2D eigenvalue weighted by molar-refractivity contribution is 5.93. The minimum atomic E-state index is -0.0414. The Morgan fingerprint density at radius 3 is 2.37 bits per heavy atom. The highest BCUT2D eigenvalue weighted by atomic mass is 16.2. The quantitative estimate of drug-likeness (QED) is 0.492. The summed E-state index contributed by atoms with van der Waals surface area (Å²) in [6.45, 7) is 9.90. The van der Waals surface area contributed by atoms with Crippen LogP contribution in [0.25, 0.3) is 22.4 Å². The lowest BCUT2D eigenvalue weighted by molar-refractivity contribution is 0.0747. The molecular weight excluding hydrogens is 442 g/mol. The molecule has 1 N–H and O–H groups in total. The maximum Gasteiger partial charge on any atom is 0.330 e. The molecule has 1 fully saturated rings. The van der Waals surface area contributed by atoms with E-state index in [2.05, 4.69) is 60.1 Å². The Morgan fingerprint density at radius 1 is 1.03 bits per heavy atom. The molecule has 0 aliphatic carbocycles. The summed E-state index contributed by atoms with van der Waals surface area (Å²) >= 11 is 0. The van der Waals surface area contributed by atoms with Gasteiger partial charge in [-0.25, -0.2) is 9.78 Å². The fraction of sp³-hybridized carbons (Fsp3) is 0.385. The van der Waals surface area contributed by atoms with Gasteiger partial charge in [0.2, 0.25) is 0 Å². The number of aromatic nitrogens is 5. The van der Waals surface area contributed by atoms with Crippen molar-refractivity contribution in [3.63, 3.8) is 0 Å². The molecule has 9 nitrogen and oxygen atoms in total. The Labute approximate surface area is 204 Å². The number of nitrogens with one attached hydrogen (secondary N) is 1. The molecule has 4 heterocycles. The molecule has 1 aliphatic rings. The molecular formula is C26H31N7O2. The van der Waals surface area contributed by atoms with Crippen molar-refractivity contribution in [2.75, 3.05) is 31.1 Å². The summed E-state index contributed by atoms with van der Waals surface area (Å²) in [6, 6.07) is 12.3. The number of rotatable bonds is 4. The zero-order chi connectivity index (χ0) is 24.7. The monoisotopic (exact) mass is 473 g/mol. The number of nitrogens with zero attached hydrogens (tertiary/aromatic N) is 6. The standard InChI is InChI=1S/C26H31N7O2/c1-26(2,3)17-33-22-10-9-21(29-23(22)30(4)25(33)35)18-5-7-20(8-6-18)31-11-13-32(14-12-31)24(34)19-15-27-28-16-19/h5-10,15-16H,11-14,17H2,1-4H3,(H,27,28). The van der Waals surface area contributed by atoms with E-state index in [1.54, 1.807) is 24.0 Å². The normalized spacial score (nSPS) is 14.6. The third-order valence-electron chi connectivity index (χ3n) is 6.45. The van der Waals surface area contributed by atoms with Gasteiger partial charge in [0.1, 0.15) is 0 Å². The Kier molecular flexibility index (Phi) is 5.70. The SMILES string of the molecule is Cn1c(=O)n(CC(C)(C)C)c2ccc(-c3ccc(N4CCN(C(=O)c5cn[nH]c5)CC4)cc3)nc21. The molecule has 1 amide bonds. The van der Waals surface area contributed by atoms with Gasteiger partial charge in [0, 0.05) is 57.2 Å². The number of hydrogen-bond acceptors (Lipinski definition) is 5. The second kappa shape index (κ2) is 8.72. The number of fused-ring (bicyclic) bond motifs is 1. The van der Waals surface area contributed by atoms with Crippen LogP contribution in [0.5, 0.6) is 0 Å². The average molecular weight is 474 g/mol.